The van der Waals surface area contributed by atoms with Gasteiger partial charge in [0, 0.05) is 18.8 Å². The zero-order valence-corrected chi connectivity index (χ0v) is 13.0. The molecular formula is C11H16BrClN4O3. The molecule has 1 heterocycles. The van der Waals surface area contributed by atoms with Crippen molar-refractivity contribution in [2.45, 2.75) is 25.4 Å². The Balaban J connectivity index is 0.00000200. The highest BCUT2D eigenvalue weighted by molar-refractivity contribution is 9.10. The number of aromatic nitrogens is 2. The predicted molar refractivity (Wildman–Crippen MR) is 80.0 cm³/mol. The molecule has 1 fully saturated rings. The molecule has 1 saturated carbocycles. The quantitative estimate of drug-likeness (QED) is 0.656. The molecule has 4 N–H and O–H groups in total. The molecule has 0 saturated heterocycles. The molecule has 0 bridgehead atoms. The van der Waals surface area contributed by atoms with Crippen LogP contribution in [0, 0.1) is 5.92 Å². The summed E-state index contributed by atoms with van der Waals surface area (Å²) in [6, 6.07) is -0.0250. The third-order valence-corrected chi connectivity index (χ3v) is 3.61. The number of nitrogens with two attached hydrogens (primary N) is 1. The standard InChI is InChI=1S/C11H15BrN4O3.ClH/c12-7-4-16(11(19)15-10(7)18)5-9(17)14-3-8(13)6-1-2-6;/h4,6,8H,1-3,5,13H2,(H,14,17)(H,15,18,19);1H. The number of H-pyrrole nitrogens is 1. The first-order chi connectivity index (χ1) is 8.97. The van der Waals surface area contributed by atoms with Gasteiger partial charge in [-0.1, -0.05) is 0 Å². The highest BCUT2D eigenvalue weighted by Gasteiger charge is 2.28. The Morgan fingerprint density at radius 1 is 1.55 bits per heavy atom. The lowest BCUT2D eigenvalue weighted by Crippen LogP contribution is -2.41. The highest BCUT2D eigenvalue weighted by atomic mass is 79.9. The molecular weight excluding hydrogens is 352 g/mol. The number of carbonyl (C=O) groups excluding carboxylic acids is 1. The van der Waals surface area contributed by atoms with Gasteiger partial charge in [-0.3, -0.25) is 19.1 Å². The van der Waals surface area contributed by atoms with E-state index in [0.29, 0.717) is 12.5 Å². The summed E-state index contributed by atoms with van der Waals surface area (Å²) in [4.78, 5) is 36.4. The zero-order chi connectivity index (χ0) is 14.0. The van der Waals surface area contributed by atoms with Gasteiger partial charge in [-0.2, -0.15) is 0 Å². The minimum atomic E-state index is -0.616. The van der Waals surface area contributed by atoms with E-state index in [2.05, 4.69) is 26.2 Å². The van der Waals surface area contributed by atoms with Crippen LogP contribution in [0.15, 0.2) is 20.3 Å². The zero-order valence-electron chi connectivity index (χ0n) is 10.6. The Morgan fingerprint density at radius 2 is 2.20 bits per heavy atom. The van der Waals surface area contributed by atoms with Crippen molar-refractivity contribution in [3.05, 3.63) is 31.5 Å². The fourth-order valence-electron chi connectivity index (χ4n) is 1.73. The van der Waals surface area contributed by atoms with Gasteiger partial charge in [0.15, 0.2) is 0 Å². The van der Waals surface area contributed by atoms with Gasteiger partial charge < -0.3 is 11.1 Å². The van der Waals surface area contributed by atoms with Crippen LogP contribution < -0.4 is 22.3 Å². The van der Waals surface area contributed by atoms with Gasteiger partial charge in [0.1, 0.15) is 6.54 Å². The van der Waals surface area contributed by atoms with Gasteiger partial charge in [-0.05, 0) is 34.7 Å². The lowest BCUT2D eigenvalue weighted by atomic mass is 10.2. The first-order valence-corrected chi connectivity index (χ1v) is 6.78. The Hall–Kier alpha value is -1.12. The summed E-state index contributed by atoms with van der Waals surface area (Å²) in [6.07, 6.45) is 3.52. The van der Waals surface area contributed by atoms with E-state index in [4.69, 9.17) is 5.73 Å². The van der Waals surface area contributed by atoms with Crippen molar-refractivity contribution < 1.29 is 4.79 Å². The maximum Gasteiger partial charge on any atom is 0.328 e. The number of amides is 1. The van der Waals surface area contributed by atoms with E-state index in [1.54, 1.807) is 0 Å². The molecule has 1 aromatic rings. The van der Waals surface area contributed by atoms with Crippen molar-refractivity contribution in [1.29, 1.82) is 0 Å². The topological polar surface area (TPSA) is 110 Å². The smallest absolute Gasteiger partial charge is 0.328 e. The number of halogens is 2. The number of carbonyl (C=O) groups is 1. The first kappa shape index (κ1) is 16.9. The monoisotopic (exact) mass is 366 g/mol. The molecule has 1 aliphatic carbocycles. The normalized spacial score (nSPS) is 15.3. The molecule has 1 unspecified atom stereocenters. The van der Waals surface area contributed by atoms with Crippen LogP contribution in [0.1, 0.15) is 12.8 Å². The molecule has 0 aliphatic heterocycles. The van der Waals surface area contributed by atoms with Gasteiger partial charge in [-0.25, -0.2) is 4.79 Å². The second-order valence-corrected chi connectivity index (χ2v) is 5.52. The molecule has 9 heteroatoms. The Morgan fingerprint density at radius 3 is 2.80 bits per heavy atom. The van der Waals surface area contributed by atoms with Crippen LogP contribution >= 0.6 is 28.3 Å². The summed E-state index contributed by atoms with van der Waals surface area (Å²) >= 11 is 3.00. The fourth-order valence-corrected chi connectivity index (χ4v) is 2.08. The number of aromatic amines is 1. The van der Waals surface area contributed by atoms with Crippen LogP contribution in [0.25, 0.3) is 0 Å². The molecule has 7 nitrogen and oxygen atoms in total. The summed E-state index contributed by atoms with van der Waals surface area (Å²) in [5.41, 5.74) is 4.72. The lowest BCUT2D eigenvalue weighted by molar-refractivity contribution is -0.121. The van der Waals surface area contributed by atoms with E-state index in [1.807, 2.05) is 0 Å². The molecule has 20 heavy (non-hydrogen) atoms. The summed E-state index contributed by atoms with van der Waals surface area (Å²) in [7, 11) is 0. The number of nitrogens with zero attached hydrogens (tertiary/aromatic N) is 1. The Labute approximate surface area is 129 Å². The number of hydrogen-bond acceptors (Lipinski definition) is 4. The minimum absolute atomic E-state index is 0. The van der Waals surface area contributed by atoms with Crippen LogP contribution in [0.5, 0.6) is 0 Å². The van der Waals surface area contributed by atoms with Gasteiger partial charge in [-0.15, -0.1) is 12.4 Å². The van der Waals surface area contributed by atoms with Crippen LogP contribution in [-0.4, -0.2) is 28.0 Å². The molecule has 0 aromatic carbocycles. The van der Waals surface area contributed by atoms with Crippen molar-refractivity contribution in [3.8, 4) is 0 Å². The van der Waals surface area contributed by atoms with Crippen LogP contribution in [0.3, 0.4) is 0 Å². The number of hydrogen-bond donors (Lipinski definition) is 3. The van der Waals surface area contributed by atoms with E-state index >= 15 is 0 Å². The van der Waals surface area contributed by atoms with Crippen molar-refractivity contribution in [2.75, 3.05) is 6.54 Å². The van der Waals surface area contributed by atoms with Crippen molar-refractivity contribution in [3.63, 3.8) is 0 Å². The molecule has 1 aliphatic rings. The first-order valence-electron chi connectivity index (χ1n) is 5.99. The molecule has 1 atom stereocenters. The average Bonchev–Trinajstić information content (AvgIpc) is 3.17. The predicted octanol–water partition coefficient (Wildman–Crippen LogP) is -0.426. The molecule has 2 rings (SSSR count). The van der Waals surface area contributed by atoms with Crippen LogP contribution in [0.2, 0.25) is 0 Å². The fraction of sp³-hybridized carbons (Fsp3) is 0.545. The summed E-state index contributed by atoms with van der Waals surface area (Å²) in [5, 5.41) is 2.68. The third-order valence-electron chi connectivity index (χ3n) is 3.04. The summed E-state index contributed by atoms with van der Waals surface area (Å²) in [5.74, 6) is 0.197. The van der Waals surface area contributed by atoms with Crippen molar-refractivity contribution in [2.24, 2.45) is 11.7 Å². The molecule has 1 amide bonds. The second-order valence-electron chi connectivity index (χ2n) is 4.67. The summed E-state index contributed by atoms with van der Waals surface area (Å²) in [6.45, 7) is 0.258. The number of nitrogens with one attached hydrogen (secondary N) is 2. The van der Waals surface area contributed by atoms with Crippen LogP contribution in [-0.2, 0) is 11.3 Å². The Bertz CT molecular complexity index is 596. The highest BCUT2D eigenvalue weighted by Crippen LogP contribution is 2.31. The molecule has 112 valence electrons. The Kier molecular flexibility index (Phi) is 5.97. The van der Waals surface area contributed by atoms with E-state index in [9.17, 15) is 14.4 Å². The van der Waals surface area contributed by atoms with Gasteiger partial charge in [0.2, 0.25) is 5.91 Å². The lowest BCUT2D eigenvalue weighted by Gasteiger charge is -2.12. The molecule has 0 spiro atoms. The van der Waals surface area contributed by atoms with Gasteiger partial charge in [0.25, 0.3) is 5.56 Å². The third kappa shape index (κ3) is 4.46. The largest absolute Gasteiger partial charge is 0.353 e. The number of rotatable bonds is 5. The maximum atomic E-state index is 11.7. The van der Waals surface area contributed by atoms with E-state index in [0.717, 1.165) is 17.4 Å². The van der Waals surface area contributed by atoms with E-state index in [-0.39, 0.29) is 35.4 Å². The van der Waals surface area contributed by atoms with E-state index < -0.39 is 11.2 Å². The van der Waals surface area contributed by atoms with Crippen molar-refractivity contribution >= 4 is 34.2 Å². The average molecular weight is 368 g/mol. The van der Waals surface area contributed by atoms with Gasteiger partial charge >= 0.3 is 5.69 Å². The maximum absolute atomic E-state index is 11.7. The van der Waals surface area contributed by atoms with Gasteiger partial charge in [0.05, 0.1) is 4.47 Å². The second kappa shape index (κ2) is 7.05. The molecule has 1 aromatic heterocycles. The van der Waals surface area contributed by atoms with Crippen LogP contribution in [0.4, 0.5) is 0 Å². The minimum Gasteiger partial charge on any atom is -0.353 e. The summed E-state index contributed by atoms with van der Waals surface area (Å²) < 4.78 is 1.33. The molecule has 0 radical (unpaired) electrons. The SMILES string of the molecule is Cl.NC(CNC(=O)Cn1cc(Br)c(=O)[nH]c1=O)C1CC1. The van der Waals surface area contributed by atoms with Crippen molar-refractivity contribution in [1.82, 2.24) is 14.9 Å². The van der Waals surface area contributed by atoms with E-state index in [1.165, 1.54) is 6.20 Å².